The van der Waals surface area contributed by atoms with Crippen molar-refractivity contribution in [1.29, 1.82) is 0 Å². The van der Waals surface area contributed by atoms with Crippen LogP contribution in [0.4, 0.5) is 5.69 Å². The highest BCUT2D eigenvalue weighted by Crippen LogP contribution is 2.39. The highest BCUT2D eigenvalue weighted by molar-refractivity contribution is 8.00. The predicted molar refractivity (Wildman–Crippen MR) is 108 cm³/mol. The Morgan fingerprint density at radius 2 is 2.08 bits per heavy atom. The Labute approximate surface area is 159 Å². The summed E-state index contributed by atoms with van der Waals surface area (Å²) in [5, 5.41) is 3.47. The van der Waals surface area contributed by atoms with E-state index in [0.717, 1.165) is 39.1 Å². The molecule has 1 aromatic carbocycles. The molecular formula is C19H18N2OS3. The van der Waals surface area contributed by atoms with E-state index in [1.807, 2.05) is 47.2 Å². The molecule has 1 amide bonds. The number of hydrogen-bond acceptors (Lipinski definition) is 5. The van der Waals surface area contributed by atoms with Gasteiger partial charge in [0.2, 0.25) is 0 Å². The van der Waals surface area contributed by atoms with Crippen LogP contribution in [-0.2, 0) is 0 Å². The Kier molecular flexibility index (Phi) is 4.67. The summed E-state index contributed by atoms with van der Waals surface area (Å²) < 4.78 is 0. The zero-order chi connectivity index (χ0) is 17.4. The Hall–Kier alpha value is -1.63. The van der Waals surface area contributed by atoms with Crippen LogP contribution in [0.3, 0.4) is 0 Å². The van der Waals surface area contributed by atoms with Crippen LogP contribution in [-0.4, -0.2) is 22.7 Å². The quantitative estimate of drug-likeness (QED) is 0.565. The number of benzene rings is 1. The summed E-state index contributed by atoms with van der Waals surface area (Å²) in [7, 11) is 0. The van der Waals surface area contributed by atoms with Crippen molar-refractivity contribution in [3.63, 3.8) is 0 Å². The van der Waals surface area contributed by atoms with Gasteiger partial charge in [-0.1, -0.05) is 25.1 Å². The van der Waals surface area contributed by atoms with Gasteiger partial charge in [0.15, 0.2) is 0 Å². The number of thiazole rings is 1. The third-order valence-electron chi connectivity index (χ3n) is 4.21. The standard InChI is InChI=1S/C19H18N2OS3/c1-12-9-10-21(14-6-3-4-7-15(14)24-12)19(22)17-13(2)20-18(25-17)16-8-5-11-23-16/h3-8,11-12H,9-10H2,1-2H3. The molecule has 1 unspecified atom stereocenters. The van der Waals surface area contributed by atoms with Gasteiger partial charge in [0.1, 0.15) is 9.88 Å². The number of aryl methyl sites for hydroxylation is 1. The molecule has 0 fully saturated rings. The van der Waals surface area contributed by atoms with Crippen LogP contribution >= 0.6 is 34.4 Å². The van der Waals surface area contributed by atoms with Crippen molar-refractivity contribution >= 4 is 46.0 Å². The maximum Gasteiger partial charge on any atom is 0.270 e. The van der Waals surface area contributed by atoms with Crippen molar-refractivity contribution in [2.75, 3.05) is 11.4 Å². The number of anilines is 1. The number of rotatable bonds is 2. The molecule has 3 heterocycles. The number of fused-ring (bicyclic) bond motifs is 1. The van der Waals surface area contributed by atoms with E-state index >= 15 is 0 Å². The fourth-order valence-electron chi connectivity index (χ4n) is 2.92. The minimum absolute atomic E-state index is 0.0694. The zero-order valence-electron chi connectivity index (χ0n) is 14.1. The molecule has 0 saturated heterocycles. The summed E-state index contributed by atoms with van der Waals surface area (Å²) in [6, 6.07) is 12.3. The van der Waals surface area contributed by atoms with Crippen molar-refractivity contribution in [3.05, 3.63) is 52.3 Å². The Morgan fingerprint density at radius 1 is 1.24 bits per heavy atom. The van der Waals surface area contributed by atoms with Gasteiger partial charge in [0.25, 0.3) is 5.91 Å². The molecule has 1 aliphatic heterocycles. The maximum absolute atomic E-state index is 13.3. The number of para-hydroxylation sites is 1. The molecule has 4 rings (SSSR count). The van der Waals surface area contributed by atoms with E-state index in [9.17, 15) is 4.79 Å². The second-order valence-corrected chi connectivity index (χ2v) is 9.48. The molecule has 0 bridgehead atoms. The van der Waals surface area contributed by atoms with E-state index in [1.165, 1.54) is 16.2 Å². The number of amides is 1. The minimum Gasteiger partial charge on any atom is -0.306 e. The summed E-state index contributed by atoms with van der Waals surface area (Å²) in [4.78, 5) is 22.9. The molecule has 3 aromatic rings. The van der Waals surface area contributed by atoms with E-state index in [0.29, 0.717) is 5.25 Å². The van der Waals surface area contributed by atoms with E-state index in [2.05, 4.69) is 30.1 Å². The zero-order valence-corrected chi connectivity index (χ0v) is 16.5. The first-order valence-corrected chi connectivity index (χ1v) is 10.8. The number of thioether (sulfide) groups is 1. The van der Waals surface area contributed by atoms with Crippen LogP contribution in [0.25, 0.3) is 9.88 Å². The molecule has 0 spiro atoms. The molecule has 0 aliphatic carbocycles. The van der Waals surface area contributed by atoms with Gasteiger partial charge < -0.3 is 4.90 Å². The monoisotopic (exact) mass is 386 g/mol. The lowest BCUT2D eigenvalue weighted by atomic mass is 10.2. The lowest BCUT2D eigenvalue weighted by Gasteiger charge is -2.22. The molecule has 6 heteroatoms. The molecule has 2 aromatic heterocycles. The lowest BCUT2D eigenvalue weighted by molar-refractivity contribution is 0.0989. The van der Waals surface area contributed by atoms with Gasteiger partial charge in [-0.05, 0) is 36.9 Å². The molecule has 25 heavy (non-hydrogen) atoms. The second-order valence-electron chi connectivity index (χ2n) is 6.05. The fourth-order valence-corrected chi connectivity index (χ4v) is 5.85. The SMILES string of the molecule is Cc1nc(-c2cccs2)sc1C(=O)N1CCC(C)Sc2ccccc21. The third kappa shape index (κ3) is 3.26. The fraction of sp³-hybridized carbons (Fsp3) is 0.263. The number of aromatic nitrogens is 1. The smallest absolute Gasteiger partial charge is 0.270 e. The summed E-state index contributed by atoms with van der Waals surface area (Å²) in [5.41, 5.74) is 1.84. The van der Waals surface area contributed by atoms with Gasteiger partial charge in [-0.15, -0.1) is 34.4 Å². The summed E-state index contributed by atoms with van der Waals surface area (Å²) in [6.45, 7) is 4.90. The number of carbonyl (C=O) groups excluding carboxylic acids is 1. The van der Waals surface area contributed by atoms with Crippen molar-refractivity contribution in [2.24, 2.45) is 0 Å². The molecule has 3 nitrogen and oxygen atoms in total. The minimum atomic E-state index is 0.0694. The highest BCUT2D eigenvalue weighted by Gasteiger charge is 2.27. The average molecular weight is 387 g/mol. The Bertz CT molecular complexity index is 901. The number of carbonyl (C=O) groups is 1. The van der Waals surface area contributed by atoms with Crippen LogP contribution in [0, 0.1) is 6.92 Å². The van der Waals surface area contributed by atoms with Gasteiger partial charge >= 0.3 is 0 Å². The van der Waals surface area contributed by atoms with Gasteiger partial charge in [-0.25, -0.2) is 4.98 Å². The Morgan fingerprint density at radius 3 is 2.88 bits per heavy atom. The number of hydrogen-bond donors (Lipinski definition) is 0. The first kappa shape index (κ1) is 16.8. The molecule has 1 aliphatic rings. The summed E-state index contributed by atoms with van der Waals surface area (Å²) in [6.07, 6.45) is 0.987. The van der Waals surface area contributed by atoms with Crippen LogP contribution in [0.1, 0.15) is 28.7 Å². The van der Waals surface area contributed by atoms with E-state index in [1.54, 1.807) is 11.3 Å². The number of nitrogens with zero attached hydrogens (tertiary/aromatic N) is 2. The highest BCUT2D eigenvalue weighted by atomic mass is 32.2. The molecule has 0 radical (unpaired) electrons. The summed E-state index contributed by atoms with van der Waals surface area (Å²) >= 11 is 5.01. The van der Waals surface area contributed by atoms with Gasteiger partial charge in [0.05, 0.1) is 16.3 Å². The molecule has 0 saturated carbocycles. The van der Waals surface area contributed by atoms with Crippen LogP contribution in [0.2, 0.25) is 0 Å². The Balaban J connectivity index is 1.72. The van der Waals surface area contributed by atoms with Crippen LogP contribution in [0.15, 0.2) is 46.7 Å². The van der Waals surface area contributed by atoms with Crippen molar-refractivity contribution in [1.82, 2.24) is 4.98 Å². The third-order valence-corrected chi connectivity index (χ3v) is 7.63. The van der Waals surface area contributed by atoms with Crippen molar-refractivity contribution in [3.8, 4) is 9.88 Å². The molecular weight excluding hydrogens is 368 g/mol. The van der Waals surface area contributed by atoms with Crippen molar-refractivity contribution in [2.45, 2.75) is 30.4 Å². The van der Waals surface area contributed by atoms with Crippen LogP contribution < -0.4 is 4.90 Å². The predicted octanol–water partition coefficient (Wildman–Crippen LogP) is 5.71. The molecule has 128 valence electrons. The maximum atomic E-state index is 13.3. The molecule has 1 atom stereocenters. The van der Waals surface area contributed by atoms with Gasteiger partial charge in [-0.2, -0.15) is 0 Å². The van der Waals surface area contributed by atoms with E-state index in [4.69, 9.17) is 0 Å². The average Bonchev–Trinajstić information content (AvgIpc) is 3.22. The topological polar surface area (TPSA) is 33.2 Å². The normalized spacial score (nSPS) is 17.2. The first-order chi connectivity index (χ1) is 12.1. The largest absolute Gasteiger partial charge is 0.306 e. The van der Waals surface area contributed by atoms with Gasteiger partial charge in [-0.3, -0.25) is 4.79 Å². The number of thiophene rings is 1. The first-order valence-electron chi connectivity index (χ1n) is 8.22. The second kappa shape index (κ2) is 6.94. The van der Waals surface area contributed by atoms with E-state index in [-0.39, 0.29) is 5.91 Å². The van der Waals surface area contributed by atoms with Gasteiger partial charge in [0, 0.05) is 16.7 Å². The molecule has 0 N–H and O–H groups in total. The summed E-state index contributed by atoms with van der Waals surface area (Å²) in [5.74, 6) is 0.0694. The van der Waals surface area contributed by atoms with Crippen molar-refractivity contribution < 1.29 is 4.79 Å². The lowest BCUT2D eigenvalue weighted by Crippen LogP contribution is -2.32. The van der Waals surface area contributed by atoms with E-state index < -0.39 is 0 Å². The van der Waals surface area contributed by atoms with Crippen LogP contribution in [0.5, 0.6) is 0 Å².